The first kappa shape index (κ1) is 17.8. The van der Waals surface area contributed by atoms with Crippen molar-refractivity contribution in [2.24, 2.45) is 0 Å². The highest BCUT2D eigenvalue weighted by Crippen LogP contribution is 2.26. The first-order valence-electron chi connectivity index (χ1n) is 9.90. The number of amides is 1. The highest BCUT2D eigenvalue weighted by atomic mass is 16.2. The summed E-state index contributed by atoms with van der Waals surface area (Å²) >= 11 is 0. The van der Waals surface area contributed by atoms with Crippen molar-refractivity contribution >= 4 is 17.5 Å². The first-order valence-corrected chi connectivity index (χ1v) is 9.90. The van der Waals surface area contributed by atoms with Crippen LogP contribution in [0.1, 0.15) is 32.6 Å². The van der Waals surface area contributed by atoms with Crippen molar-refractivity contribution < 1.29 is 4.79 Å². The second kappa shape index (κ2) is 7.94. The molecule has 1 aliphatic heterocycles. The van der Waals surface area contributed by atoms with Crippen LogP contribution in [0.15, 0.2) is 36.4 Å². The zero-order valence-corrected chi connectivity index (χ0v) is 15.9. The Balaban J connectivity index is 1.60. The maximum absolute atomic E-state index is 11.6. The lowest BCUT2D eigenvalue weighted by molar-refractivity contribution is -0.129. The molecule has 2 aromatic rings. The zero-order valence-electron chi connectivity index (χ0n) is 15.9. The molecule has 6 heteroatoms. The molecule has 1 aromatic carbocycles. The van der Waals surface area contributed by atoms with Crippen molar-refractivity contribution in [3.05, 3.63) is 36.4 Å². The van der Waals surface area contributed by atoms with E-state index in [-0.39, 0.29) is 5.91 Å². The Hall–Kier alpha value is -2.63. The van der Waals surface area contributed by atoms with Gasteiger partial charge in [0.15, 0.2) is 5.82 Å². The van der Waals surface area contributed by atoms with Gasteiger partial charge < -0.3 is 15.1 Å². The van der Waals surface area contributed by atoms with Gasteiger partial charge in [0.05, 0.1) is 0 Å². The van der Waals surface area contributed by atoms with E-state index in [0.29, 0.717) is 6.04 Å². The minimum absolute atomic E-state index is 0.144. The number of carbonyl (C=O) groups excluding carboxylic acids is 1. The fourth-order valence-electron chi connectivity index (χ4n) is 3.92. The Labute approximate surface area is 160 Å². The number of aromatic nitrogens is 2. The molecule has 1 aromatic heterocycles. The normalized spacial score (nSPS) is 18.0. The van der Waals surface area contributed by atoms with E-state index in [9.17, 15) is 4.79 Å². The molecule has 1 N–H and O–H groups in total. The Morgan fingerprint density at radius 2 is 1.74 bits per heavy atom. The Bertz CT molecular complexity index is 780. The van der Waals surface area contributed by atoms with Gasteiger partial charge in [0, 0.05) is 50.8 Å². The number of benzene rings is 1. The standard InChI is InChI=1S/C21H27N5O/c1-16(27)25-11-13-26(14-12-25)20-15-19(22-18-9-5-6-10-18)23-21(24-20)17-7-3-2-4-8-17/h2-4,7-8,15,18H,5-6,9-14H2,1H3,(H,22,23,24). The Morgan fingerprint density at radius 1 is 1.04 bits per heavy atom. The third-order valence-corrected chi connectivity index (χ3v) is 5.50. The number of nitrogens with zero attached hydrogens (tertiary/aromatic N) is 4. The van der Waals surface area contributed by atoms with Crippen molar-refractivity contribution in [3.63, 3.8) is 0 Å². The van der Waals surface area contributed by atoms with Gasteiger partial charge in [-0.05, 0) is 12.8 Å². The molecule has 0 spiro atoms. The third kappa shape index (κ3) is 4.21. The highest BCUT2D eigenvalue weighted by molar-refractivity contribution is 5.73. The van der Waals surface area contributed by atoms with E-state index in [1.807, 2.05) is 35.2 Å². The van der Waals surface area contributed by atoms with E-state index in [4.69, 9.17) is 9.97 Å². The summed E-state index contributed by atoms with van der Waals surface area (Å²) < 4.78 is 0. The van der Waals surface area contributed by atoms with Gasteiger partial charge in [0.25, 0.3) is 0 Å². The molecule has 2 fully saturated rings. The van der Waals surface area contributed by atoms with Crippen LogP contribution in [0.2, 0.25) is 0 Å². The van der Waals surface area contributed by atoms with Crippen LogP contribution < -0.4 is 10.2 Å². The Kier molecular flexibility index (Phi) is 5.23. The maximum atomic E-state index is 11.6. The molecule has 1 amide bonds. The van der Waals surface area contributed by atoms with Gasteiger partial charge in [-0.2, -0.15) is 0 Å². The maximum Gasteiger partial charge on any atom is 0.219 e. The Morgan fingerprint density at radius 3 is 2.41 bits per heavy atom. The molecule has 2 heterocycles. The average molecular weight is 365 g/mol. The van der Waals surface area contributed by atoms with Crippen molar-refractivity contribution in [3.8, 4) is 11.4 Å². The lowest BCUT2D eigenvalue weighted by atomic mass is 10.2. The molecule has 142 valence electrons. The number of anilines is 2. The van der Waals surface area contributed by atoms with Crippen LogP contribution in [0.25, 0.3) is 11.4 Å². The van der Waals surface area contributed by atoms with Crippen molar-refractivity contribution in [2.45, 2.75) is 38.6 Å². The molecule has 1 aliphatic carbocycles. The predicted octanol–water partition coefficient (Wildman–Crippen LogP) is 3.17. The van der Waals surface area contributed by atoms with E-state index < -0.39 is 0 Å². The second-order valence-electron chi connectivity index (χ2n) is 7.42. The molecule has 0 bridgehead atoms. The number of hydrogen-bond donors (Lipinski definition) is 1. The quantitative estimate of drug-likeness (QED) is 0.902. The zero-order chi connectivity index (χ0) is 18.6. The topological polar surface area (TPSA) is 61.4 Å². The molecular formula is C21H27N5O. The number of carbonyl (C=O) groups is 1. The predicted molar refractivity (Wildman–Crippen MR) is 108 cm³/mol. The highest BCUT2D eigenvalue weighted by Gasteiger charge is 2.22. The van der Waals surface area contributed by atoms with Crippen molar-refractivity contribution in [2.75, 3.05) is 36.4 Å². The number of nitrogens with one attached hydrogen (secondary N) is 1. The monoisotopic (exact) mass is 365 g/mol. The lowest BCUT2D eigenvalue weighted by Gasteiger charge is -2.35. The van der Waals surface area contributed by atoms with Crippen LogP contribution in [0.3, 0.4) is 0 Å². The average Bonchev–Trinajstić information content (AvgIpc) is 3.21. The minimum atomic E-state index is 0.144. The van der Waals surface area contributed by atoms with Gasteiger partial charge in [-0.3, -0.25) is 4.79 Å². The molecular weight excluding hydrogens is 338 g/mol. The summed E-state index contributed by atoms with van der Waals surface area (Å²) in [6.07, 6.45) is 4.98. The number of hydrogen-bond acceptors (Lipinski definition) is 5. The molecule has 0 atom stereocenters. The van der Waals surface area contributed by atoms with Crippen molar-refractivity contribution in [1.82, 2.24) is 14.9 Å². The van der Waals surface area contributed by atoms with E-state index in [1.165, 1.54) is 25.7 Å². The molecule has 2 aliphatic rings. The summed E-state index contributed by atoms with van der Waals surface area (Å²) in [6, 6.07) is 12.7. The SMILES string of the molecule is CC(=O)N1CCN(c2cc(NC3CCCC3)nc(-c3ccccc3)n2)CC1. The lowest BCUT2D eigenvalue weighted by Crippen LogP contribution is -2.48. The summed E-state index contributed by atoms with van der Waals surface area (Å²) in [5.74, 6) is 2.74. The number of piperazine rings is 1. The van der Waals surface area contributed by atoms with Crippen LogP contribution in [-0.4, -0.2) is 53.0 Å². The van der Waals surface area contributed by atoms with E-state index in [2.05, 4.69) is 16.3 Å². The second-order valence-corrected chi connectivity index (χ2v) is 7.42. The fourth-order valence-corrected chi connectivity index (χ4v) is 3.92. The number of rotatable bonds is 4. The van der Waals surface area contributed by atoms with Crippen LogP contribution in [-0.2, 0) is 4.79 Å². The van der Waals surface area contributed by atoms with Gasteiger partial charge in [-0.1, -0.05) is 43.2 Å². The summed E-state index contributed by atoms with van der Waals surface area (Å²) in [4.78, 5) is 25.4. The van der Waals surface area contributed by atoms with Gasteiger partial charge in [-0.15, -0.1) is 0 Å². The molecule has 1 saturated heterocycles. The molecule has 1 saturated carbocycles. The van der Waals surface area contributed by atoms with Gasteiger partial charge in [0.1, 0.15) is 11.6 Å². The van der Waals surface area contributed by atoms with Gasteiger partial charge >= 0.3 is 0 Å². The summed E-state index contributed by atoms with van der Waals surface area (Å²) in [5, 5.41) is 3.62. The summed E-state index contributed by atoms with van der Waals surface area (Å²) in [6.45, 7) is 4.72. The summed E-state index contributed by atoms with van der Waals surface area (Å²) in [5.41, 5.74) is 1.02. The van der Waals surface area contributed by atoms with Crippen LogP contribution in [0, 0.1) is 0 Å². The fraction of sp³-hybridized carbons (Fsp3) is 0.476. The third-order valence-electron chi connectivity index (χ3n) is 5.50. The van der Waals surface area contributed by atoms with Crippen LogP contribution in [0.5, 0.6) is 0 Å². The van der Waals surface area contributed by atoms with Gasteiger partial charge in [-0.25, -0.2) is 9.97 Å². The molecule has 6 nitrogen and oxygen atoms in total. The minimum Gasteiger partial charge on any atom is -0.367 e. The first-order chi connectivity index (χ1) is 13.2. The molecule has 0 unspecified atom stereocenters. The van der Waals surface area contributed by atoms with Crippen molar-refractivity contribution in [1.29, 1.82) is 0 Å². The summed E-state index contributed by atoms with van der Waals surface area (Å²) in [7, 11) is 0. The molecule has 27 heavy (non-hydrogen) atoms. The van der Waals surface area contributed by atoms with Crippen LogP contribution >= 0.6 is 0 Å². The van der Waals surface area contributed by atoms with E-state index in [0.717, 1.165) is 49.2 Å². The largest absolute Gasteiger partial charge is 0.367 e. The molecule has 0 radical (unpaired) electrons. The molecule has 4 rings (SSSR count). The van der Waals surface area contributed by atoms with Crippen LogP contribution in [0.4, 0.5) is 11.6 Å². The van der Waals surface area contributed by atoms with E-state index in [1.54, 1.807) is 6.92 Å². The van der Waals surface area contributed by atoms with Gasteiger partial charge in [0.2, 0.25) is 5.91 Å². The van der Waals surface area contributed by atoms with E-state index >= 15 is 0 Å². The smallest absolute Gasteiger partial charge is 0.219 e.